The van der Waals surface area contributed by atoms with E-state index in [2.05, 4.69) is 43.4 Å². The fourth-order valence-corrected chi connectivity index (χ4v) is 3.63. The highest BCUT2D eigenvalue weighted by atomic mass is 32.2. The summed E-state index contributed by atoms with van der Waals surface area (Å²) in [6.07, 6.45) is 2.85. The number of methoxy groups -OCH3 is 1. The molecule has 116 valence electrons. The Morgan fingerprint density at radius 2 is 2.05 bits per heavy atom. The monoisotopic (exact) mass is 307 g/mol. The van der Waals surface area contributed by atoms with Crippen LogP contribution >= 0.6 is 11.8 Å². The predicted molar refractivity (Wildman–Crippen MR) is 87.6 cm³/mol. The standard InChI is InChI=1S/C17H25NO2S/c1-4-18-13(2)14-5-7-15(8-6-14)21-12-17(9-10-17)11-16(19)20-3/h5-8,13,18H,4,9-12H2,1-3H3. The summed E-state index contributed by atoms with van der Waals surface area (Å²) in [4.78, 5) is 12.7. The average Bonchev–Trinajstić information content (AvgIpc) is 3.26. The number of benzene rings is 1. The summed E-state index contributed by atoms with van der Waals surface area (Å²) in [5.74, 6) is 0.924. The molecule has 0 saturated heterocycles. The van der Waals surface area contributed by atoms with Crippen LogP contribution in [-0.2, 0) is 9.53 Å². The lowest BCUT2D eigenvalue weighted by molar-refractivity contribution is -0.141. The van der Waals surface area contributed by atoms with Gasteiger partial charge in [0.25, 0.3) is 0 Å². The van der Waals surface area contributed by atoms with Crippen molar-refractivity contribution in [2.45, 2.75) is 44.0 Å². The molecule has 0 amide bonds. The quantitative estimate of drug-likeness (QED) is 0.586. The van der Waals surface area contributed by atoms with Crippen LogP contribution in [0.15, 0.2) is 29.2 Å². The first-order valence-corrected chi connectivity index (χ1v) is 8.60. The maximum atomic E-state index is 11.4. The number of nitrogens with one attached hydrogen (secondary N) is 1. The van der Waals surface area contributed by atoms with Crippen LogP contribution in [0, 0.1) is 5.41 Å². The third-order valence-electron chi connectivity index (χ3n) is 4.14. The Morgan fingerprint density at radius 1 is 1.38 bits per heavy atom. The number of ether oxygens (including phenoxy) is 1. The lowest BCUT2D eigenvalue weighted by Gasteiger charge is -2.15. The molecule has 1 N–H and O–H groups in total. The van der Waals surface area contributed by atoms with E-state index in [-0.39, 0.29) is 11.4 Å². The number of carbonyl (C=O) groups is 1. The zero-order valence-corrected chi connectivity index (χ0v) is 14.0. The van der Waals surface area contributed by atoms with E-state index in [4.69, 9.17) is 4.74 Å². The van der Waals surface area contributed by atoms with Crippen LogP contribution in [0.5, 0.6) is 0 Å². The van der Waals surface area contributed by atoms with Crippen LogP contribution in [0.2, 0.25) is 0 Å². The van der Waals surface area contributed by atoms with Gasteiger partial charge < -0.3 is 10.1 Å². The largest absolute Gasteiger partial charge is 0.469 e. The topological polar surface area (TPSA) is 38.3 Å². The van der Waals surface area contributed by atoms with E-state index in [0.29, 0.717) is 12.5 Å². The number of rotatable bonds is 8. The maximum Gasteiger partial charge on any atom is 0.306 e. The third-order valence-corrected chi connectivity index (χ3v) is 5.50. The molecule has 3 nitrogen and oxygen atoms in total. The summed E-state index contributed by atoms with van der Waals surface area (Å²) in [5, 5.41) is 3.42. The molecule has 1 aromatic carbocycles. The highest BCUT2D eigenvalue weighted by Gasteiger charge is 2.44. The highest BCUT2D eigenvalue weighted by molar-refractivity contribution is 7.99. The lowest BCUT2D eigenvalue weighted by atomic mass is 10.1. The summed E-state index contributed by atoms with van der Waals surface area (Å²) in [6.45, 7) is 5.28. The minimum absolute atomic E-state index is 0.0806. The van der Waals surface area contributed by atoms with Gasteiger partial charge >= 0.3 is 5.97 Å². The zero-order chi connectivity index (χ0) is 15.3. The molecule has 4 heteroatoms. The molecular weight excluding hydrogens is 282 g/mol. The van der Waals surface area contributed by atoms with Gasteiger partial charge in [-0.2, -0.15) is 0 Å². The molecule has 1 fully saturated rings. The van der Waals surface area contributed by atoms with Crippen molar-refractivity contribution < 1.29 is 9.53 Å². The Morgan fingerprint density at radius 3 is 2.57 bits per heavy atom. The first-order chi connectivity index (χ1) is 10.1. The van der Waals surface area contributed by atoms with Crippen LogP contribution in [-0.4, -0.2) is 25.4 Å². The number of thioether (sulfide) groups is 1. The molecule has 2 rings (SSSR count). The minimum atomic E-state index is -0.0806. The van der Waals surface area contributed by atoms with Crippen molar-refractivity contribution in [2.24, 2.45) is 5.41 Å². The molecule has 0 spiro atoms. The first-order valence-electron chi connectivity index (χ1n) is 7.61. The van der Waals surface area contributed by atoms with Crippen molar-refractivity contribution in [3.63, 3.8) is 0 Å². The Hall–Kier alpha value is -1.00. The van der Waals surface area contributed by atoms with E-state index in [1.54, 1.807) is 0 Å². The number of hydrogen-bond donors (Lipinski definition) is 1. The van der Waals surface area contributed by atoms with Gasteiger partial charge in [0.2, 0.25) is 0 Å². The van der Waals surface area contributed by atoms with Crippen molar-refractivity contribution in [1.29, 1.82) is 0 Å². The fraction of sp³-hybridized carbons (Fsp3) is 0.588. The van der Waals surface area contributed by atoms with E-state index in [1.807, 2.05) is 11.8 Å². The summed E-state index contributed by atoms with van der Waals surface area (Å²) in [5.41, 5.74) is 1.50. The van der Waals surface area contributed by atoms with Crippen LogP contribution < -0.4 is 5.32 Å². The molecule has 1 saturated carbocycles. The summed E-state index contributed by atoms with van der Waals surface area (Å²) in [7, 11) is 1.47. The van der Waals surface area contributed by atoms with Gasteiger partial charge in [0.15, 0.2) is 0 Å². The number of esters is 1. The van der Waals surface area contributed by atoms with Gasteiger partial charge in [-0.3, -0.25) is 4.79 Å². The molecular formula is C17H25NO2S. The molecule has 1 unspecified atom stereocenters. The van der Waals surface area contributed by atoms with Crippen molar-refractivity contribution in [3.8, 4) is 0 Å². The SMILES string of the molecule is CCNC(C)c1ccc(SCC2(CC(=O)OC)CC2)cc1. The van der Waals surface area contributed by atoms with Crippen LogP contribution in [0.3, 0.4) is 0 Å². The number of hydrogen-bond acceptors (Lipinski definition) is 4. The van der Waals surface area contributed by atoms with Crippen LogP contribution in [0.4, 0.5) is 0 Å². The van der Waals surface area contributed by atoms with Gasteiger partial charge in [0.1, 0.15) is 0 Å². The van der Waals surface area contributed by atoms with E-state index >= 15 is 0 Å². The Balaban J connectivity index is 1.85. The van der Waals surface area contributed by atoms with Gasteiger partial charge in [-0.05, 0) is 49.4 Å². The smallest absolute Gasteiger partial charge is 0.306 e. The van der Waals surface area contributed by atoms with Crippen molar-refractivity contribution >= 4 is 17.7 Å². The predicted octanol–water partition coefficient (Wildman–Crippen LogP) is 3.79. The number of carbonyl (C=O) groups excluding carboxylic acids is 1. The van der Waals surface area contributed by atoms with Gasteiger partial charge in [-0.25, -0.2) is 0 Å². The molecule has 0 aliphatic heterocycles. The lowest BCUT2D eigenvalue weighted by Crippen LogP contribution is -2.17. The van der Waals surface area contributed by atoms with Gasteiger partial charge in [0.05, 0.1) is 13.5 Å². The van der Waals surface area contributed by atoms with Crippen LogP contribution in [0.1, 0.15) is 44.7 Å². The third kappa shape index (κ3) is 4.75. The molecule has 0 heterocycles. The van der Waals surface area contributed by atoms with Crippen LogP contribution in [0.25, 0.3) is 0 Å². The van der Waals surface area contributed by atoms with Crippen molar-refractivity contribution in [3.05, 3.63) is 29.8 Å². The molecule has 0 radical (unpaired) electrons. The highest BCUT2D eigenvalue weighted by Crippen LogP contribution is 2.52. The Bertz CT molecular complexity index is 468. The van der Waals surface area contributed by atoms with Gasteiger partial charge in [-0.15, -0.1) is 11.8 Å². The molecule has 0 bridgehead atoms. The molecule has 1 atom stereocenters. The molecule has 0 aromatic heterocycles. The molecule has 1 aliphatic carbocycles. The maximum absolute atomic E-state index is 11.4. The minimum Gasteiger partial charge on any atom is -0.469 e. The average molecular weight is 307 g/mol. The second kappa shape index (κ2) is 7.32. The van der Waals surface area contributed by atoms with Gasteiger partial charge in [-0.1, -0.05) is 19.1 Å². The van der Waals surface area contributed by atoms with Gasteiger partial charge in [0, 0.05) is 16.7 Å². The summed E-state index contributed by atoms with van der Waals surface area (Å²) >= 11 is 1.85. The van der Waals surface area contributed by atoms with Crippen molar-refractivity contribution in [2.75, 3.05) is 19.4 Å². The zero-order valence-electron chi connectivity index (χ0n) is 13.1. The second-order valence-electron chi connectivity index (χ2n) is 5.89. The van der Waals surface area contributed by atoms with E-state index < -0.39 is 0 Å². The normalized spacial score (nSPS) is 17.3. The first kappa shape index (κ1) is 16.4. The van der Waals surface area contributed by atoms with E-state index in [9.17, 15) is 4.79 Å². The van der Waals surface area contributed by atoms with Crippen molar-refractivity contribution in [1.82, 2.24) is 5.32 Å². The Labute approximate surface area is 131 Å². The second-order valence-corrected chi connectivity index (χ2v) is 6.94. The van der Waals surface area contributed by atoms with E-state index in [0.717, 1.165) is 25.1 Å². The summed E-state index contributed by atoms with van der Waals surface area (Å²) in [6, 6.07) is 9.14. The fourth-order valence-electron chi connectivity index (χ4n) is 2.44. The van der Waals surface area contributed by atoms with E-state index in [1.165, 1.54) is 17.6 Å². The molecule has 1 aromatic rings. The molecule has 21 heavy (non-hydrogen) atoms. The molecule has 1 aliphatic rings. The summed E-state index contributed by atoms with van der Waals surface area (Å²) < 4.78 is 4.79. The Kier molecular flexibility index (Phi) is 5.71.